The number of amides is 3. The van der Waals surface area contributed by atoms with Crippen molar-refractivity contribution in [2.24, 2.45) is 0 Å². The smallest absolute Gasteiger partial charge is 0.329 e. The zero-order chi connectivity index (χ0) is 21.5. The van der Waals surface area contributed by atoms with Crippen molar-refractivity contribution >= 4 is 45.1 Å². The number of fused-ring (bicyclic) bond motifs is 2. The van der Waals surface area contributed by atoms with Crippen LogP contribution in [0, 0.1) is 11.3 Å². The number of nitriles is 1. The van der Waals surface area contributed by atoms with E-state index in [1.807, 2.05) is 24.3 Å². The highest BCUT2D eigenvalue weighted by Crippen LogP contribution is 2.44. The highest BCUT2D eigenvalue weighted by molar-refractivity contribution is 8.09. The Hall–Kier alpha value is -3.90. The minimum Gasteiger partial charge on any atom is -0.495 e. The van der Waals surface area contributed by atoms with Gasteiger partial charge in [0, 0.05) is 27.4 Å². The lowest BCUT2D eigenvalue weighted by atomic mass is 10.1. The molecule has 9 heteroatoms. The van der Waals surface area contributed by atoms with Gasteiger partial charge in [0.15, 0.2) is 0 Å². The highest BCUT2D eigenvalue weighted by Gasteiger charge is 2.46. The normalized spacial score (nSPS) is 20.1. The number of anilines is 1. The van der Waals surface area contributed by atoms with Gasteiger partial charge in [-0.25, -0.2) is 14.7 Å². The number of rotatable bonds is 3. The van der Waals surface area contributed by atoms with E-state index < -0.39 is 17.3 Å². The van der Waals surface area contributed by atoms with E-state index in [4.69, 9.17) is 4.74 Å². The van der Waals surface area contributed by atoms with Crippen LogP contribution in [-0.2, 0) is 4.79 Å². The molecule has 2 aliphatic heterocycles. The van der Waals surface area contributed by atoms with Crippen LogP contribution in [0.25, 0.3) is 15.7 Å². The van der Waals surface area contributed by atoms with E-state index in [0.29, 0.717) is 21.9 Å². The summed E-state index contributed by atoms with van der Waals surface area (Å²) in [5.74, 6) is 0.168. The van der Waals surface area contributed by atoms with Crippen molar-refractivity contribution in [1.82, 2.24) is 15.3 Å². The number of carbonyl (C=O) groups excluding carboxylic acids is 2. The van der Waals surface area contributed by atoms with E-state index >= 15 is 0 Å². The van der Waals surface area contributed by atoms with Crippen LogP contribution in [0.1, 0.15) is 11.3 Å². The fourth-order valence-corrected chi connectivity index (χ4v) is 5.03. The second-order valence-corrected chi connectivity index (χ2v) is 8.16. The molecule has 3 aromatic rings. The summed E-state index contributed by atoms with van der Waals surface area (Å²) in [7, 11) is 1.52. The molecule has 0 aliphatic carbocycles. The number of benzene rings is 1. The number of carbonyl (C=O) groups is 2. The standard InChI is InChI=1S/C22H15N5O3S/c1-30-13-6-15(17(8-23)25-10-13)19-7-16-20(31-19)21(28)27(22(29)26-16)18-11-24-9-12-4-2-3-5-14(12)18/h2-7,9-11,16,20H,1H3,(H,26,29). The Morgan fingerprint density at radius 3 is 2.87 bits per heavy atom. The van der Waals surface area contributed by atoms with Crippen LogP contribution < -0.4 is 15.0 Å². The van der Waals surface area contributed by atoms with E-state index in [1.165, 1.54) is 31.3 Å². The van der Waals surface area contributed by atoms with E-state index in [2.05, 4.69) is 21.4 Å². The summed E-state index contributed by atoms with van der Waals surface area (Å²) in [5.41, 5.74) is 1.24. The van der Waals surface area contributed by atoms with Gasteiger partial charge in [-0.15, -0.1) is 11.8 Å². The van der Waals surface area contributed by atoms with Crippen molar-refractivity contribution in [2.75, 3.05) is 12.0 Å². The van der Waals surface area contributed by atoms with E-state index in [1.54, 1.807) is 18.3 Å². The molecule has 0 bridgehead atoms. The number of aromatic nitrogens is 2. The molecule has 2 atom stereocenters. The summed E-state index contributed by atoms with van der Waals surface area (Å²) in [5, 5.41) is 13.4. The molecule has 2 aliphatic rings. The van der Waals surface area contributed by atoms with Gasteiger partial charge >= 0.3 is 6.03 Å². The third kappa shape index (κ3) is 3.08. The van der Waals surface area contributed by atoms with Crippen LogP contribution in [0.3, 0.4) is 0 Å². The number of hydrogen-bond acceptors (Lipinski definition) is 7. The summed E-state index contributed by atoms with van der Waals surface area (Å²) in [6.45, 7) is 0. The zero-order valence-electron chi connectivity index (χ0n) is 16.3. The Morgan fingerprint density at radius 1 is 1.23 bits per heavy atom. The van der Waals surface area contributed by atoms with Gasteiger partial charge in [-0.05, 0) is 12.1 Å². The summed E-state index contributed by atoms with van der Waals surface area (Å²) in [4.78, 5) is 36.5. The molecule has 1 N–H and O–H groups in total. The van der Waals surface area contributed by atoms with Crippen molar-refractivity contribution in [2.45, 2.75) is 11.3 Å². The summed E-state index contributed by atoms with van der Waals surface area (Å²) in [6.07, 6.45) is 6.48. The Labute approximate surface area is 181 Å². The second kappa shape index (κ2) is 7.41. The second-order valence-electron chi connectivity index (χ2n) is 6.98. The first-order valence-corrected chi connectivity index (χ1v) is 10.3. The van der Waals surface area contributed by atoms with Gasteiger partial charge in [0.05, 0.1) is 31.2 Å². The van der Waals surface area contributed by atoms with Gasteiger partial charge in [-0.3, -0.25) is 9.78 Å². The first-order valence-electron chi connectivity index (χ1n) is 9.41. The largest absolute Gasteiger partial charge is 0.495 e. The first kappa shape index (κ1) is 19.1. The molecule has 1 fully saturated rings. The number of urea groups is 1. The van der Waals surface area contributed by atoms with Crippen molar-refractivity contribution < 1.29 is 14.3 Å². The number of nitrogens with zero attached hydrogens (tertiary/aromatic N) is 4. The van der Waals surface area contributed by atoms with Gasteiger partial charge in [0.25, 0.3) is 5.91 Å². The molecular weight excluding hydrogens is 414 g/mol. The predicted molar refractivity (Wildman–Crippen MR) is 116 cm³/mol. The van der Waals surface area contributed by atoms with E-state index in [9.17, 15) is 14.9 Å². The quantitative estimate of drug-likeness (QED) is 0.681. The van der Waals surface area contributed by atoms with Crippen LogP contribution in [0.2, 0.25) is 0 Å². The lowest BCUT2D eigenvalue weighted by Gasteiger charge is -2.33. The predicted octanol–water partition coefficient (Wildman–Crippen LogP) is 3.09. The maximum atomic E-state index is 13.4. The fourth-order valence-electron chi connectivity index (χ4n) is 3.75. The molecule has 0 radical (unpaired) electrons. The summed E-state index contributed by atoms with van der Waals surface area (Å²) < 4.78 is 5.23. The fraction of sp³-hybridized carbons (Fsp3) is 0.136. The first-order chi connectivity index (χ1) is 15.1. The van der Waals surface area contributed by atoms with Gasteiger partial charge in [-0.1, -0.05) is 24.3 Å². The van der Waals surface area contributed by atoms with Crippen LogP contribution in [0.15, 0.2) is 55.0 Å². The van der Waals surface area contributed by atoms with Crippen LogP contribution in [0.5, 0.6) is 5.75 Å². The molecule has 0 saturated carbocycles. The average molecular weight is 429 g/mol. The monoisotopic (exact) mass is 429 g/mol. The molecule has 31 heavy (non-hydrogen) atoms. The minimum atomic E-state index is -0.565. The topological polar surface area (TPSA) is 108 Å². The van der Waals surface area contributed by atoms with Crippen molar-refractivity contribution in [3.8, 4) is 11.8 Å². The third-order valence-electron chi connectivity index (χ3n) is 5.23. The zero-order valence-corrected chi connectivity index (χ0v) is 17.1. The van der Waals surface area contributed by atoms with Crippen molar-refractivity contribution in [3.63, 3.8) is 0 Å². The molecule has 2 unspecified atom stereocenters. The molecular formula is C22H15N5O3S. The average Bonchev–Trinajstić information content (AvgIpc) is 3.23. The van der Waals surface area contributed by atoms with Gasteiger partial charge in [-0.2, -0.15) is 5.26 Å². The number of hydrogen-bond donors (Lipinski definition) is 1. The van der Waals surface area contributed by atoms with Gasteiger partial charge < -0.3 is 10.1 Å². The molecule has 1 aromatic carbocycles. The minimum absolute atomic E-state index is 0.229. The van der Waals surface area contributed by atoms with E-state index in [-0.39, 0.29) is 11.6 Å². The number of methoxy groups -OCH3 is 1. The Bertz CT molecular complexity index is 1310. The van der Waals surface area contributed by atoms with Crippen LogP contribution in [0.4, 0.5) is 10.5 Å². The van der Waals surface area contributed by atoms with Crippen LogP contribution >= 0.6 is 11.8 Å². The Morgan fingerprint density at radius 2 is 2.06 bits per heavy atom. The lowest BCUT2D eigenvalue weighted by molar-refractivity contribution is -0.118. The third-order valence-corrected chi connectivity index (χ3v) is 6.58. The summed E-state index contributed by atoms with van der Waals surface area (Å²) in [6, 6.07) is 10.2. The lowest BCUT2D eigenvalue weighted by Crippen LogP contribution is -2.60. The van der Waals surface area contributed by atoms with Crippen molar-refractivity contribution in [1.29, 1.82) is 5.26 Å². The SMILES string of the molecule is COc1cnc(C#N)c(C2=CC3NC(=O)N(c4cncc5ccccc45)C(=O)C3S2)c1. The number of thioether (sulfide) groups is 1. The Balaban J connectivity index is 1.51. The van der Waals surface area contributed by atoms with Gasteiger partial charge in [0.2, 0.25) is 0 Å². The summed E-state index contributed by atoms with van der Waals surface area (Å²) >= 11 is 1.30. The molecule has 152 valence electrons. The number of imide groups is 1. The van der Waals surface area contributed by atoms with E-state index in [0.717, 1.165) is 15.7 Å². The maximum Gasteiger partial charge on any atom is 0.329 e. The van der Waals surface area contributed by atoms with Crippen molar-refractivity contribution in [3.05, 3.63) is 66.3 Å². The molecule has 8 nitrogen and oxygen atoms in total. The number of nitrogens with one attached hydrogen (secondary N) is 1. The maximum absolute atomic E-state index is 13.4. The molecule has 2 aromatic heterocycles. The van der Waals surface area contributed by atoms with Crippen LogP contribution in [-0.4, -0.2) is 40.3 Å². The highest BCUT2D eigenvalue weighted by atomic mass is 32.2. The van der Waals surface area contributed by atoms with Gasteiger partial charge in [0.1, 0.15) is 22.8 Å². The Kier molecular flexibility index (Phi) is 4.56. The molecule has 1 saturated heterocycles. The molecule has 5 rings (SSSR count). The number of pyridine rings is 2. The molecule has 0 spiro atoms. The molecule has 4 heterocycles. The number of ether oxygens (including phenoxy) is 1. The molecule has 3 amide bonds.